The molecule has 1 atom stereocenters. The van der Waals surface area contributed by atoms with Gasteiger partial charge in [-0.15, -0.1) is 11.3 Å². The lowest BCUT2D eigenvalue weighted by Gasteiger charge is -2.14. The molecule has 6 N–H and O–H groups in total. The van der Waals surface area contributed by atoms with E-state index in [1.807, 2.05) is 29.6 Å². The minimum absolute atomic E-state index is 0.0114. The summed E-state index contributed by atoms with van der Waals surface area (Å²) in [6.07, 6.45) is 3.30. The average Bonchev–Trinajstić information content (AvgIpc) is 3.81. The quantitative estimate of drug-likeness (QED) is 0.0711. The number of pyridine rings is 1. The number of nitrogens with one attached hydrogen (secondary N) is 2. The van der Waals surface area contributed by atoms with Crippen LogP contribution in [0.2, 0.25) is 5.02 Å². The van der Waals surface area contributed by atoms with Crippen molar-refractivity contribution >= 4 is 52.4 Å². The molecule has 49 heavy (non-hydrogen) atoms. The number of nitrogen functional groups attached to an aromatic ring is 1. The molecule has 3 aromatic heterocycles. The van der Waals surface area contributed by atoms with Gasteiger partial charge in [0.1, 0.15) is 59.1 Å². The molecule has 0 aliphatic carbocycles. The number of thioether (sulfide) groups is 1. The highest BCUT2D eigenvalue weighted by Crippen LogP contribution is 2.37. The summed E-state index contributed by atoms with van der Waals surface area (Å²) in [5.41, 5.74) is 15.7. The van der Waals surface area contributed by atoms with Crippen molar-refractivity contribution in [3.63, 3.8) is 0 Å². The SMILES string of the molecule is N#Cc1c(N)nc(SCc2csc(-c3ccc(Cl)cc3)n2)c(C#N)c1-c1ccc(OCCOC(=O)CNC(=O)[C@@H](N)Cc2cnc[nH]2)cc1. The summed E-state index contributed by atoms with van der Waals surface area (Å²) in [7, 11) is 0. The van der Waals surface area contributed by atoms with Gasteiger partial charge in [0.05, 0.1) is 23.6 Å². The molecule has 5 aromatic rings. The van der Waals surface area contributed by atoms with E-state index < -0.39 is 17.9 Å². The van der Waals surface area contributed by atoms with Gasteiger partial charge in [0, 0.05) is 45.6 Å². The third kappa shape index (κ3) is 9.13. The first kappa shape index (κ1) is 34.9. The van der Waals surface area contributed by atoms with Crippen LogP contribution in [0.4, 0.5) is 5.82 Å². The number of halogens is 1. The zero-order chi connectivity index (χ0) is 34.8. The van der Waals surface area contributed by atoms with E-state index in [9.17, 15) is 20.1 Å². The maximum Gasteiger partial charge on any atom is 0.325 e. The topological polar surface area (TPSA) is 219 Å². The summed E-state index contributed by atoms with van der Waals surface area (Å²) >= 11 is 8.80. The van der Waals surface area contributed by atoms with Gasteiger partial charge in [-0.3, -0.25) is 9.59 Å². The van der Waals surface area contributed by atoms with Gasteiger partial charge in [-0.05, 0) is 29.8 Å². The Bertz CT molecular complexity index is 2010. The molecule has 248 valence electrons. The van der Waals surface area contributed by atoms with E-state index in [0.717, 1.165) is 16.3 Å². The molecule has 0 saturated carbocycles. The van der Waals surface area contributed by atoms with Crippen molar-refractivity contribution in [2.75, 3.05) is 25.5 Å². The first-order chi connectivity index (χ1) is 23.7. The second-order valence-electron chi connectivity index (χ2n) is 10.3. The van der Waals surface area contributed by atoms with Gasteiger partial charge in [0.15, 0.2) is 0 Å². The summed E-state index contributed by atoms with van der Waals surface area (Å²) in [6.45, 7) is -0.351. The first-order valence-electron chi connectivity index (χ1n) is 14.6. The van der Waals surface area contributed by atoms with Crippen molar-refractivity contribution in [2.24, 2.45) is 5.73 Å². The Balaban J connectivity index is 1.16. The van der Waals surface area contributed by atoms with Crippen LogP contribution in [-0.2, 0) is 26.5 Å². The van der Waals surface area contributed by atoms with Crippen LogP contribution in [0.3, 0.4) is 0 Å². The third-order valence-corrected chi connectivity index (χ3v) is 9.11. The molecule has 0 saturated heterocycles. The summed E-state index contributed by atoms with van der Waals surface area (Å²) < 4.78 is 10.8. The number of anilines is 1. The van der Waals surface area contributed by atoms with Crippen LogP contribution < -0.4 is 21.5 Å². The number of benzene rings is 2. The lowest BCUT2D eigenvalue weighted by atomic mass is 9.97. The highest BCUT2D eigenvalue weighted by atomic mass is 35.5. The highest BCUT2D eigenvalue weighted by Gasteiger charge is 2.21. The van der Waals surface area contributed by atoms with Gasteiger partial charge in [0.25, 0.3) is 0 Å². The normalized spacial score (nSPS) is 11.3. The molecule has 16 heteroatoms. The van der Waals surface area contributed by atoms with E-state index >= 15 is 0 Å². The Morgan fingerprint density at radius 1 is 1.04 bits per heavy atom. The van der Waals surface area contributed by atoms with Crippen molar-refractivity contribution in [3.05, 3.63) is 94.0 Å². The van der Waals surface area contributed by atoms with E-state index in [0.29, 0.717) is 38.4 Å². The Labute approximate surface area is 294 Å². The monoisotopic (exact) mass is 713 g/mol. The van der Waals surface area contributed by atoms with Gasteiger partial charge >= 0.3 is 5.97 Å². The molecular weight excluding hydrogens is 686 g/mol. The first-order valence-corrected chi connectivity index (χ1v) is 16.9. The number of nitrogens with zero attached hydrogens (tertiary/aromatic N) is 5. The lowest BCUT2D eigenvalue weighted by Crippen LogP contribution is -2.44. The molecule has 2 aromatic carbocycles. The van der Waals surface area contributed by atoms with Crippen LogP contribution in [-0.4, -0.2) is 57.6 Å². The number of esters is 1. The number of nitrogens with two attached hydrogens (primary N) is 2. The number of aromatic amines is 1. The minimum Gasteiger partial charge on any atom is -0.490 e. The smallest absolute Gasteiger partial charge is 0.325 e. The maximum absolute atomic E-state index is 12.1. The molecule has 0 bridgehead atoms. The Morgan fingerprint density at radius 2 is 1.78 bits per heavy atom. The van der Waals surface area contributed by atoms with Gasteiger partial charge in [-0.2, -0.15) is 10.5 Å². The van der Waals surface area contributed by atoms with Crippen molar-refractivity contribution in [2.45, 2.75) is 23.2 Å². The number of thiazole rings is 1. The van der Waals surface area contributed by atoms with Crippen molar-refractivity contribution < 1.29 is 19.1 Å². The van der Waals surface area contributed by atoms with Crippen LogP contribution in [0.15, 0.2) is 71.5 Å². The fraction of sp³-hybridized carbons (Fsp3) is 0.182. The molecule has 13 nitrogen and oxygen atoms in total. The van der Waals surface area contributed by atoms with Gasteiger partial charge in [-0.1, -0.05) is 47.6 Å². The van der Waals surface area contributed by atoms with Crippen molar-refractivity contribution in [1.29, 1.82) is 10.5 Å². The zero-order valence-corrected chi connectivity index (χ0v) is 28.1. The van der Waals surface area contributed by atoms with Crippen LogP contribution in [0, 0.1) is 22.7 Å². The molecule has 0 spiro atoms. The number of hydrogen-bond acceptors (Lipinski definition) is 13. The molecular formula is C33H28ClN9O4S2. The number of amides is 1. The molecule has 0 radical (unpaired) electrons. The predicted molar refractivity (Wildman–Crippen MR) is 185 cm³/mol. The van der Waals surface area contributed by atoms with Crippen LogP contribution >= 0.6 is 34.7 Å². The Kier molecular flexibility index (Phi) is 11.8. The van der Waals surface area contributed by atoms with E-state index in [1.54, 1.807) is 30.5 Å². The third-order valence-electron chi connectivity index (χ3n) is 6.91. The zero-order valence-electron chi connectivity index (χ0n) is 25.7. The number of rotatable bonds is 14. The van der Waals surface area contributed by atoms with E-state index in [1.165, 1.54) is 29.4 Å². The van der Waals surface area contributed by atoms with Gasteiger partial charge < -0.3 is 31.2 Å². The number of hydrogen-bond donors (Lipinski definition) is 4. The Hall–Kier alpha value is -5.45. The number of carbonyl (C=O) groups is 2. The van der Waals surface area contributed by atoms with E-state index in [-0.39, 0.29) is 43.1 Å². The number of carbonyl (C=O) groups excluding carboxylic acids is 2. The maximum atomic E-state index is 12.1. The molecule has 3 heterocycles. The largest absolute Gasteiger partial charge is 0.490 e. The standard InChI is InChI=1S/C33H28ClN9O4S2/c34-21-5-1-20(2-6-21)32-42-23(16-48-32)17-49-33-26(13-36)29(25(12-35)30(38)43-33)19-3-7-24(8-4-19)46-9-10-47-28(44)15-40-31(45)27(37)11-22-14-39-18-41-22/h1-8,14,16,18,27H,9-11,15,17,37H2,(H2,38,43)(H,39,41)(H,40,45)/t27-/m0/s1. The molecule has 0 unspecified atom stereocenters. The lowest BCUT2D eigenvalue weighted by molar-refractivity contribution is -0.144. The second-order valence-corrected chi connectivity index (χ2v) is 12.5. The Morgan fingerprint density at radius 3 is 2.47 bits per heavy atom. The second kappa shape index (κ2) is 16.6. The number of H-pyrrole nitrogens is 1. The number of nitriles is 2. The molecule has 1 amide bonds. The summed E-state index contributed by atoms with van der Waals surface area (Å²) in [4.78, 5) is 40.0. The summed E-state index contributed by atoms with van der Waals surface area (Å²) in [6, 6.07) is 17.6. The van der Waals surface area contributed by atoms with Gasteiger partial charge in [0.2, 0.25) is 5.91 Å². The molecule has 0 fully saturated rings. The van der Waals surface area contributed by atoms with E-state index in [2.05, 4.69) is 32.4 Å². The predicted octanol–water partition coefficient (Wildman–Crippen LogP) is 4.47. The van der Waals surface area contributed by atoms with Crippen LogP contribution in [0.1, 0.15) is 22.5 Å². The average molecular weight is 714 g/mol. The summed E-state index contributed by atoms with van der Waals surface area (Å²) in [5, 5.41) is 26.3. The van der Waals surface area contributed by atoms with E-state index in [4.69, 9.17) is 37.5 Å². The fourth-order valence-electron chi connectivity index (χ4n) is 4.53. The highest BCUT2D eigenvalue weighted by molar-refractivity contribution is 7.98. The van der Waals surface area contributed by atoms with Crippen molar-refractivity contribution in [3.8, 4) is 39.6 Å². The number of aromatic nitrogens is 4. The number of ether oxygens (including phenoxy) is 2. The van der Waals surface area contributed by atoms with Crippen LogP contribution in [0.5, 0.6) is 5.75 Å². The number of imidazole rings is 1. The molecule has 0 aliphatic heterocycles. The summed E-state index contributed by atoms with van der Waals surface area (Å²) in [5.74, 6) is -0.231. The van der Waals surface area contributed by atoms with Crippen LogP contribution in [0.25, 0.3) is 21.7 Å². The van der Waals surface area contributed by atoms with Gasteiger partial charge in [-0.25, -0.2) is 15.0 Å². The minimum atomic E-state index is -0.847. The molecule has 0 aliphatic rings. The fourth-order valence-corrected chi connectivity index (χ4v) is 6.48. The van der Waals surface area contributed by atoms with Crippen molar-refractivity contribution in [1.82, 2.24) is 25.3 Å². The molecule has 5 rings (SSSR count).